The first-order chi connectivity index (χ1) is 14.9. The molecule has 0 bridgehead atoms. The molecule has 0 unspecified atom stereocenters. The van der Waals surface area contributed by atoms with Gasteiger partial charge >= 0.3 is 0 Å². The van der Waals surface area contributed by atoms with Crippen LogP contribution in [0.15, 0.2) is 76.9 Å². The summed E-state index contributed by atoms with van der Waals surface area (Å²) in [6.07, 6.45) is 5.03. The van der Waals surface area contributed by atoms with Gasteiger partial charge in [0.15, 0.2) is 15.8 Å². The molecule has 3 rings (SSSR count). The number of benzene rings is 2. The Kier molecular flexibility index (Phi) is 9.51. The van der Waals surface area contributed by atoms with Crippen LogP contribution < -0.4 is 10.1 Å². The molecular weight excluding hydrogens is 541 g/mol. The van der Waals surface area contributed by atoms with Gasteiger partial charge in [-0.1, -0.05) is 18.2 Å². The van der Waals surface area contributed by atoms with Gasteiger partial charge in [0.1, 0.15) is 12.4 Å². The molecule has 2 aromatic carbocycles. The number of hydrogen-bond acceptors (Lipinski definition) is 5. The van der Waals surface area contributed by atoms with Crippen LogP contribution in [0.1, 0.15) is 5.56 Å². The molecule has 0 atom stereocenters. The number of rotatable bonds is 8. The molecule has 0 aliphatic carbocycles. The number of para-hydroxylation sites is 1. The Hall–Kier alpha value is -2.60. The SMILES string of the molecule is CN=C(NCCOc1ccc(S(C)(=O)=O)cc1)N(C)Cc1cnn(-c2ccccc2)c1.I. The van der Waals surface area contributed by atoms with E-state index in [0.717, 1.165) is 17.2 Å². The van der Waals surface area contributed by atoms with Crippen molar-refractivity contribution in [2.24, 2.45) is 4.99 Å². The molecule has 0 saturated heterocycles. The van der Waals surface area contributed by atoms with Crippen molar-refractivity contribution in [3.63, 3.8) is 0 Å². The van der Waals surface area contributed by atoms with Crippen molar-refractivity contribution in [1.82, 2.24) is 20.0 Å². The summed E-state index contributed by atoms with van der Waals surface area (Å²) >= 11 is 0. The summed E-state index contributed by atoms with van der Waals surface area (Å²) in [6.45, 7) is 1.62. The van der Waals surface area contributed by atoms with E-state index in [1.165, 1.54) is 6.26 Å². The lowest BCUT2D eigenvalue weighted by Gasteiger charge is -2.21. The van der Waals surface area contributed by atoms with Crippen LogP contribution in [0.5, 0.6) is 5.75 Å². The Bertz CT molecular complexity index is 1120. The van der Waals surface area contributed by atoms with Crippen LogP contribution >= 0.6 is 24.0 Å². The summed E-state index contributed by atoms with van der Waals surface area (Å²) < 4.78 is 30.5. The van der Waals surface area contributed by atoms with Crippen LogP contribution in [-0.2, 0) is 16.4 Å². The summed E-state index contributed by atoms with van der Waals surface area (Å²) in [6, 6.07) is 16.4. The number of ether oxygens (including phenoxy) is 1. The largest absolute Gasteiger partial charge is 0.492 e. The number of halogens is 1. The van der Waals surface area contributed by atoms with Gasteiger partial charge in [0.2, 0.25) is 0 Å². The molecule has 1 aromatic heterocycles. The summed E-state index contributed by atoms with van der Waals surface area (Å²) in [5.74, 6) is 1.36. The van der Waals surface area contributed by atoms with Gasteiger partial charge in [-0.25, -0.2) is 13.1 Å². The molecule has 0 saturated carbocycles. The minimum atomic E-state index is -3.20. The van der Waals surface area contributed by atoms with Gasteiger partial charge in [0.25, 0.3) is 0 Å². The molecule has 10 heteroatoms. The van der Waals surface area contributed by atoms with E-state index in [1.54, 1.807) is 31.3 Å². The van der Waals surface area contributed by atoms with Crippen LogP contribution in [0, 0.1) is 0 Å². The second-order valence-electron chi connectivity index (χ2n) is 7.05. The molecule has 1 heterocycles. The normalized spacial score (nSPS) is 11.5. The molecule has 0 aliphatic rings. The number of aliphatic imine (C=N–C) groups is 1. The summed E-state index contributed by atoms with van der Waals surface area (Å²) in [7, 11) is 0.487. The summed E-state index contributed by atoms with van der Waals surface area (Å²) in [4.78, 5) is 6.60. The number of nitrogens with one attached hydrogen (secondary N) is 1. The predicted molar refractivity (Wildman–Crippen MR) is 137 cm³/mol. The van der Waals surface area contributed by atoms with Crippen LogP contribution in [-0.4, -0.2) is 62.6 Å². The van der Waals surface area contributed by atoms with Crippen molar-refractivity contribution >= 4 is 39.8 Å². The maximum absolute atomic E-state index is 11.5. The van der Waals surface area contributed by atoms with E-state index < -0.39 is 9.84 Å². The van der Waals surface area contributed by atoms with Crippen molar-refractivity contribution in [2.75, 3.05) is 33.5 Å². The first kappa shape index (κ1) is 25.7. The van der Waals surface area contributed by atoms with Crippen LogP contribution in [0.2, 0.25) is 0 Å². The second-order valence-corrected chi connectivity index (χ2v) is 9.07. The van der Waals surface area contributed by atoms with Gasteiger partial charge in [0, 0.05) is 38.7 Å². The van der Waals surface area contributed by atoms with Gasteiger partial charge in [-0.15, -0.1) is 24.0 Å². The average molecular weight is 569 g/mol. The summed E-state index contributed by atoms with van der Waals surface area (Å²) in [5.41, 5.74) is 2.08. The zero-order valence-electron chi connectivity index (χ0n) is 18.3. The molecular formula is C22H28IN5O3S. The van der Waals surface area contributed by atoms with Crippen molar-refractivity contribution in [3.8, 4) is 11.4 Å². The van der Waals surface area contributed by atoms with Gasteiger partial charge < -0.3 is 15.0 Å². The molecule has 0 amide bonds. The van der Waals surface area contributed by atoms with E-state index in [2.05, 4.69) is 15.4 Å². The van der Waals surface area contributed by atoms with Crippen LogP contribution in [0.3, 0.4) is 0 Å². The van der Waals surface area contributed by atoms with E-state index in [-0.39, 0.29) is 28.9 Å². The molecule has 0 fully saturated rings. The number of guanidine groups is 1. The third-order valence-electron chi connectivity index (χ3n) is 4.56. The molecule has 172 valence electrons. The standard InChI is InChI=1S/C22H27N5O3S.HI/c1-23-22(24-13-14-30-20-9-11-21(12-10-20)31(3,28)29)26(2)16-18-15-25-27(17-18)19-7-5-4-6-8-19;/h4-12,15,17H,13-14,16H2,1-3H3,(H,23,24);1H. The van der Waals surface area contributed by atoms with E-state index in [9.17, 15) is 8.42 Å². The molecule has 32 heavy (non-hydrogen) atoms. The Morgan fingerprint density at radius 3 is 2.47 bits per heavy atom. The highest BCUT2D eigenvalue weighted by Crippen LogP contribution is 2.15. The van der Waals surface area contributed by atoms with Gasteiger partial charge in [-0.05, 0) is 36.4 Å². The lowest BCUT2D eigenvalue weighted by atomic mass is 10.3. The number of hydrogen-bond donors (Lipinski definition) is 1. The maximum atomic E-state index is 11.5. The van der Waals surface area contributed by atoms with Crippen molar-refractivity contribution in [3.05, 3.63) is 72.6 Å². The maximum Gasteiger partial charge on any atom is 0.193 e. The summed E-state index contributed by atoms with van der Waals surface area (Å²) in [5, 5.41) is 7.69. The van der Waals surface area contributed by atoms with Gasteiger partial charge in [-0.2, -0.15) is 5.10 Å². The molecule has 3 aromatic rings. The lowest BCUT2D eigenvalue weighted by Crippen LogP contribution is -2.40. The van der Waals surface area contributed by atoms with Crippen molar-refractivity contribution in [2.45, 2.75) is 11.4 Å². The number of sulfone groups is 1. The third-order valence-corrected chi connectivity index (χ3v) is 5.68. The zero-order chi connectivity index (χ0) is 22.3. The van der Waals surface area contributed by atoms with E-state index in [1.807, 2.05) is 59.4 Å². The highest BCUT2D eigenvalue weighted by molar-refractivity contribution is 14.0. The lowest BCUT2D eigenvalue weighted by molar-refractivity contribution is 0.319. The quantitative estimate of drug-likeness (QED) is 0.194. The first-order valence-corrected chi connectivity index (χ1v) is 11.7. The highest BCUT2D eigenvalue weighted by atomic mass is 127. The Morgan fingerprint density at radius 2 is 1.84 bits per heavy atom. The highest BCUT2D eigenvalue weighted by Gasteiger charge is 2.09. The third kappa shape index (κ3) is 7.23. The van der Waals surface area contributed by atoms with Crippen LogP contribution in [0.4, 0.5) is 0 Å². The van der Waals surface area contributed by atoms with E-state index >= 15 is 0 Å². The molecule has 0 spiro atoms. The fraction of sp³-hybridized carbons (Fsp3) is 0.273. The van der Waals surface area contributed by atoms with Gasteiger partial charge in [0.05, 0.1) is 23.3 Å². The second kappa shape index (κ2) is 11.9. The smallest absolute Gasteiger partial charge is 0.193 e. The predicted octanol–water partition coefficient (Wildman–Crippen LogP) is 2.98. The Labute approximate surface area is 206 Å². The fourth-order valence-electron chi connectivity index (χ4n) is 3.01. The average Bonchev–Trinajstić information content (AvgIpc) is 3.22. The topological polar surface area (TPSA) is 88.8 Å². The van der Waals surface area contributed by atoms with Crippen molar-refractivity contribution in [1.29, 1.82) is 0 Å². The van der Waals surface area contributed by atoms with Crippen molar-refractivity contribution < 1.29 is 13.2 Å². The Morgan fingerprint density at radius 1 is 1.16 bits per heavy atom. The molecule has 1 N–H and O–H groups in total. The fourth-order valence-corrected chi connectivity index (χ4v) is 3.64. The minimum Gasteiger partial charge on any atom is -0.492 e. The van der Waals surface area contributed by atoms with E-state index in [0.29, 0.717) is 25.4 Å². The molecule has 0 radical (unpaired) electrons. The zero-order valence-corrected chi connectivity index (χ0v) is 21.4. The monoisotopic (exact) mass is 569 g/mol. The van der Waals surface area contributed by atoms with Gasteiger partial charge in [-0.3, -0.25) is 4.99 Å². The molecule has 8 nitrogen and oxygen atoms in total. The Balaban J connectivity index is 0.00000363. The molecule has 0 aliphatic heterocycles. The van der Waals surface area contributed by atoms with Crippen LogP contribution in [0.25, 0.3) is 5.69 Å². The first-order valence-electron chi connectivity index (χ1n) is 9.80. The number of aromatic nitrogens is 2. The minimum absolute atomic E-state index is 0. The van der Waals surface area contributed by atoms with E-state index in [4.69, 9.17) is 4.74 Å². The number of nitrogens with zero attached hydrogens (tertiary/aromatic N) is 4.